The van der Waals surface area contributed by atoms with Crippen LogP contribution in [0.4, 0.5) is 4.79 Å². The minimum absolute atomic E-state index is 0.0154. The van der Waals surface area contributed by atoms with Gasteiger partial charge in [0.1, 0.15) is 17.5 Å². The standard InChI is InChI=1S/C17H21N3O3/c1-17(2,3)23-16(21)20-10-15(11-20)22-14-6-4-13(5-7-14)19-9-8-18-12-19/h4-9,12,15H,10-11H2,1-3H3. The van der Waals surface area contributed by atoms with Crippen LogP contribution >= 0.6 is 0 Å². The molecule has 1 amide bonds. The zero-order valence-electron chi connectivity index (χ0n) is 13.6. The molecule has 3 rings (SSSR count). The molecule has 6 nitrogen and oxygen atoms in total. The molecule has 1 aliphatic heterocycles. The molecule has 0 saturated carbocycles. The number of ether oxygens (including phenoxy) is 2. The summed E-state index contributed by atoms with van der Waals surface area (Å²) in [6, 6.07) is 7.79. The number of aromatic nitrogens is 2. The van der Waals surface area contributed by atoms with Gasteiger partial charge in [0.25, 0.3) is 0 Å². The maximum atomic E-state index is 11.9. The average molecular weight is 315 g/mol. The van der Waals surface area contributed by atoms with Crippen LogP contribution in [0.3, 0.4) is 0 Å². The fourth-order valence-corrected chi connectivity index (χ4v) is 2.29. The summed E-state index contributed by atoms with van der Waals surface area (Å²) in [5.74, 6) is 0.794. The molecule has 6 heteroatoms. The normalized spacial score (nSPS) is 15.2. The van der Waals surface area contributed by atoms with Gasteiger partial charge in [-0.1, -0.05) is 0 Å². The molecule has 0 bridgehead atoms. The number of benzene rings is 1. The summed E-state index contributed by atoms with van der Waals surface area (Å²) in [7, 11) is 0. The fourth-order valence-electron chi connectivity index (χ4n) is 2.29. The number of likely N-dealkylation sites (tertiary alicyclic amines) is 1. The average Bonchev–Trinajstić information content (AvgIpc) is 2.95. The molecule has 0 atom stereocenters. The van der Waals surface area contributed by atoms with Crippen LogP contribution in [-0.2, 0) is 4.74 Å². The van der Waals surface area contributed by atoms with E-state index < -0.39 is 5.60 Å². The van der Waals surface area contributed by atoms with Gasteiger partial charge in [-0.25, -0.2) is 9.78 Å². The highest BCUT2D eigenvalue weighted by Crippen LogP contribution is 2.21. The third-order valence-corrected chi connectivity index (χ3v) is 3.44. The van der Waals surface area contributed by atoms with E-state index >= 15 is 0 Å². The Hall–Kier alpha value is -2.50. The molecule has 23 heavy (non-hydrogen) atoms. The maximum Gasteiger partial charge on any atom is 0.410 e. The number of rotatable bonds is 3. The van der Waals surface area contributed by atoms with Gasteiger partial charge in [-0.2, -0.15) is 0 Å². The van der Waals surface area contributed by atoms with Gasteiger partial charge in [0.2, 0.25) is 0 Å². The number of hydrogen-bond acceptors (Lipinski definition) is 4. The van der Waals surface area contributed by atoms with E-state index in [4.69, 9.17) is 9.47 Å². The minimum Gasteiger partial charge on any atom is -0.487 e. The van der Waals surface area contributed by atoms with E-state index in [0.29, 0.717) is 13.1 Å². The van der Waals surface area contributed by atoms with E-state index in [1.165, 1.54) is 0 Å². The summed E-state index contributed by atoms with van der Waals surface area (Å²) in [6.45, 7) is 6.69. The Bertz CT molecular complexity index is 653. The third kappa shape index (κ3) is 3.83. The lowest BCUT2D eigenvalue weighted by Crippen LogP contribution is -2.57. The van der Waals surface area contributed by atoms with Crippen LogP contribution in [0.2, 0.25) is 0 Å². The Balaban J connectivity index is 1.49. The predicted molar refractivity (Wildman–Crippen MR) is 85.8 cm³/mol. The van der Waals surface area contributed by atoms with Gasteiger partial charge in [-0.15, -0.1) is 0 Å². The molecule has 1 aromatic heterocycles. The molecule has 2 aromatic rings. The molecule has 0 unspecified atom stereocenters. The Morgan fingerprint density at radius 1 is 1.22 bits per heavy atom. The smallest absolute Gasteiger partial charge is 0.410 e. The number of carbonyl (C=O) groups is 1. The van der Waals surface area contributed by atoms with Crippen LogP contribution in [-0.4, -0.2) is 45.3 Å². The molecular formula is C17H21N3O3. The fraction of sp³-hybridized carbons (Fsp3) is 0.412. The van der Waals surface area contributed by atoms with E-state index in [-0.39, 0.29) is 12.2 Å². The number of amides is 1. The second kappa shape index (κ2) is 5.95. The van der Waals surface area contributed by atoms with Crippen LogP contribution in [0.25, 0.3) is 5.69 Å². The first kappa shape index (κ1) is 15.4. The van der Waals surface area contributed by atoms with Crippen molar-refractivity contribution in [3.05, 3.63) is 43.0 Å². The van der Waals surface area contributed by atoms with Gasteiger partial charge in [-0.05, 0) is 45.0 Å². The third-order valence-electron chi connectivity index (χ3n) is 3.44. The topological polar surface area (TPSA) is 56.6 Å². The Labute approximate surface area is 135 Å². The largest absolute Gasteiger partial charge is 0.487 e. The molecule has 1 saturated heterocycles. The van der Waals surface area contributed by atoms with Crippen LogP contribution in [0.5, 0.6) is 5.75 Å². The second-order valence-corrected chi connectivity index (χ2v) is 6.59. The van der Waals surface area contributed by atoms with Gasteiger partial charge in [0.05, 0.1) is 19.4 Å². The first-order chi connectivity index (χ1) is 10.9. The van der Waals surface area contributed by atoms with Crippen LogP contribution in [0.15, 0.2) is 43.0 Å². The molecule has 0 radical (unpaired) electrons. The summed E-state index contributed by atoms with van der Waals surface area (Å²) < 4.78 is 13.1. The lowest BCUT2D eigenvalue weighted by Gasteiger charge is -2.39. The highest BCUT2D eigenvalue weighted by Gasteiger charge is 2.35. The van der Waals surface area contributed by atoms with E-state index in [1.54, 1.807) is 17.4 Å². The highest BCUT2D eigenvalue weighted by molar-refractivity contribution is 5.69. The zero-order valence-corrected chi connectivity index (χ0v) is 13.6. The lowest BCUT2D eigenvalue weighted by molar-refractivity contribution is -0.0221. The Kier molecular flexibility index (Phi) is 3.98. The second-order valence-electron chi connectivity index (χ2n) is 6.59. The van der Waals surface area contributed by atoms with E-state index in [2.05, 4.69) is 4.98 Å². The quantitative estimate of drug-likeness (QED) is 0.874. The molecule has 122 valence electrons. The first-order valence-corrected chi connectivity index (χ1v) is 7.64. The number of imidazole rings is 1. The van der Waals surface area contributed by atoms with E-state index in [1.807, 2.05) is 55.8 Å². The maximum absolute atomic E-state index is 11.9. The SMILES string of the molecule is CC(C)(C)OC(=O)N1CC(Oc2ccc(-n3ccnc3)cc2)C1. The molecule has 0 N–H and O–H groups in total. The van der Waals surface area contributed by atoms with E-state index in [9.17, 15) is 4.79 Å². The summed E-state index contributed by atoms with van der Waals surface area (Å²) >= 11 is 0. The van der Waals surface area contributed by atoms with Gasteiger partial charge >= 0.3 is 6.09 Å². The zero-order chi connectivity index (χ0) is 16.4. The van der Waals surface area contributed by atoms with Gasteiger partial charge in [0.15, 0.2) is 0 Å². The molecule has 2 heterocycles. The monoisotopic (exact) mass is 315 g/mol. The van der Waals surface area contributed by atoms with E-state index in [0.717, 1.165) is 11.4 Å². The van der Waals surface area contributed by atoms with Gasteiger partial charge in [0, 0.05) is 18.1 Å². The molecule has 1 aromatic carbocycles. The van der Waals surface area contributed by atoms with Crippen molar-refractivity contribution in [2.45, 2.75) is 32.5 Å². The van der Waals surface area contributed by atoms with Crippen molar-refractivity contribution in [2.24, 2.45) is 0 Å². The summed E-state index contributed by atoms with van der Waals surface area (Å²) in [5, 5.41) is 0. The Morgan fingerprint density at radius 2 is 1.91 bits per heavy atom. The number of nitrogens with zero attached hydrogens (tertiary/aromatic N) is 3. The van der Waals surface area contributed by atoms with Crippen molar-refractivity contribution < 1.29 is 14.3 Å². The number of hydrogen-bond donors (Lipinski definition) is 0. The first-order valence-electron chi connectivity index (χ1n) is 7.64. The molecular weight excluding hydrogens is 294 g/mol. The van der Waals surface area contributed by atoms with Crippen molar-refractivity contribution in [2.75, 3.05) is 13.1 Å². The minimum atomic E-state index is -0.466. The summed E-state index contributed by atoms with van der Waals surface area (Å²) in [6.07, 6.45) is 5.11. The molecule has 1 fully saturated rings. The Morgan fingerprint density at radius 3 is 2.48 bits per heavy atom. The van der Waals surface area contributed by atoms with Crippen molar-refractivity contribution in [3.8, 4) is 11.4 Å². The number of carbonyl (C=O) groups excluding carboxylic acids is 1. The molecule has 0 spiro atoms. The van der Waals surface area contributed by atoms with Crippen LogP contribution in [0, 0.1) is 0 Å². The van der Waals surface area contributed by atoms with Gasteiger partial charge < -0.3 is 18.9 Å². The summed E-state index contributed by atoms with van der Waals surface area (Å²) in [4.78, 5) is 17.5. The highest BCUT2D eigenvalue weighted by atomic mass is 16.6. The van der Waals surface area contributed by atoms with Crippen molar-refractivity contribution in [1.29, 1.82) is 0 Å². The van der Waals surface area contributed by atoms with Crippen LogP contribution in [0.1, 0.15) is 20.8 Å². The summed E-state index contributed by atoms with van der Waals surface area (Å²) in [5.41, 5.74) is 0.561. The van der Waals surface area contributed by atoms with Gasteiger partial charge in [-0.3, -0.25) is 0 Å². The lowest BCUT2D eigenvalue weighted by atomic mass is 10.1. The van der Waals surface area contributed by atoms with Crippen molar-refractivity contribution in [1.82, 2.24) is 14.5 Å². The van der Waals surface area contributed by atoms with Crippen LogP contribution < -0.4 is 4.74 Å². The molecule has 0 aliphatic carbocycles. The van der Waals surface area contributed by atoms with Crippen molar-refractivity contribution >= 4 is 6.09 Å². The van der Waals surface area contributed by atoms with Crippen molar-refractivity contribution in [3.63, 3.8) is 0 Å². The molecule has 1 aliphatic rings. The predicted octanol–water partition coefficient (Wildman–Crippen LogP) is 2.87.